The van der Waals surface area contributed by atoms with Crippen LogP contribution in [0.5, 0.6) is 17.2 Å². The van der Waals surface area contributed by atoms with Gasteiger partial charge in [0.2, 0.25) is 12.4 Å². The maximum absolute atomic E-state index is 10.4. The van der Waals surface area contributed by atoms with Gasteiger partial charge in [0.25, 0.3) is 0 Å². The molecule has 1 N–H and O–H groups in total. The number of oxazole rings is 1. The number of hydrogen-bond donors (Lipinski definition) is 1. The molecule has 4 aromatic rings. The number of aromatic nitrogens is 2. The first kappa shape index (κ1) is 17.4. The number of aromatic hydroxyl groups is 1. The van der Waals surface area contributed by atoms with Gasteiger partial charge in [0.1, 0.15) is 5.75 Å². The van der Waals surface area contributed by atoms with E-state index in [2.05, 4.69) is 9.97 Å². The van der Waals surface area contributed by atoms with Crippen LogP contribution in [0.15, 0.2) is 40.8 Å². The summed E-state index contributed by atoms with van der Waals surface area (Å²) in [6, 6.07) is 11.4. The van der Waals surface area contributed by atoms with E-state index in [1.807, 2.05) is 36.1 Å². The quantitative estimate of drug-likeness (QED) is 0.497. The molecule has 0 saturated carbocycles. The number of halogens is 1. The van der Waals surface area contributed by atoms with Crippen molar-refractivity contribution in [1.29, 1.82) is 0 Å². The first-order chi connectivity index (χ1) is 14.6. The molecule has 8 heteroatoms. The predicted octanol–water partition coefficient (Wildman–Crippen LogP) is 4.81. The molecule has 0 fully saturated rings. The second-order valence-electron chi connectivity index (χ2n) is 7.42. The van der Waals surface area contributed by atoms with E-state index in [1.165, 1.54) is 6.07 Å². The fourth-order valence-electron chi connectivity index (χ4n) is 4.12. The molecule has 6 rings (SSSR count). The average Bonchev–Trinajstić information content (AvgIpc) is 3.43. The van der Waals surface area contributed by atoms with Gasteiger partial charge in [0.15, 0.2) is 17.1 Å². The average molecular weight is 422 g/mol. The second kappa shape index (κ2) is 6.27. The second-order valence-corrected chi connectivity index (χ2v) is 7.86. The lowest BCUT2D eigenvalue weighted by molar-refractivity contribution is 0.173. The first-order valence-electron chi connectivity index (χ1n) is 9.49. The molecule has 0 amide bonds. The predicted molar refractivity (Wildman–Crippen MR) is 111 cm³/mol. The summed E-state index contributed by atoms with van der Waals surface area (Å²) in [6.07, 6.45) is 0. The van der Waals surface area contributed by atoms with Crippen molar-refractivity contribution in [2.24, 2.45) is 0 Å². The lowest BCUT2D eigenvalue weighted by Gasteiger charge is -2.11. The van der Waals surface area contributed by atoms with Gasteiger partial charge in [-0.1, -0.05) is 17.7 Å². The van der Waals surface area contributed by atoms with Crippen molar-refractivity contribution >= 4 is 28.8 Å². The van der Waals surface area contributed by atoms with Crippen LogP contribution in [0, 0.1) is 6.92 Å². The normalized spacial score (nSPS) is 14.5. The van der Waals surface area contributed by atoms with Crippen LogP contribution in [0.3, 0.4) is 0 Å². The molecule has 2 aromatic carbocycles. The van der Waals surface area contributed by atoms with Crippen LogP contribution in [0.4, 0.5) is 6.01 Å². The van der Waals surface area contributed by atoms with Crippen molar-refractivity contribution in [1.82, 2.24) is 9.97 Å². The first-order valence-corrected chi connectivity index (χ1v) is 9.87. The van der Waals surface area contributed by atoms with Gasteiger partial charge in [-0.25, -0.2) is 4.98 Å². The molecule has 0 bridgehead atoms. The molecule has 150 valence electrons. The maximum atomic E-state index is 10.4. The number of hydrogen-bond acceptors (Lipinski definition) is 7. The third-order valence-corrected chi connectivity index (χ3v) is 5.72. The summed E-state index contributed by atoms with van der Waals surface area (Å²) in [5.41, 5.74) is 5.41. The van der Waals surface area contributed by atoms with Crippen LogP contribution in [-0.2, 0) is 13.1 Å². The Bertz CT molecular complexity index is 1310. The molecule has 4 heterocycles. The van der Waals surface area contributed by atoms with Gasteiger partial charge in [0.05, 0.1) is 12.2 Å². The minimum atomic E-state index is 0.0848. The van der Waals surface area contributed by atoms with Crippen LogP contribution in [0.25, 0.3) is 22.5 Å². The molecule has 30 heavy (non-hydrogen) atoms. The molecule has 0 unspecified atom stereocenters. The molecule has 7 nitrogen and oxygen atoms in total. The van der Waals surface area contributed by atoms with Crippen molar-refractivity contribution in [2.45, 2.75) is 20.0 Å². The Kier molecular flexibility index (Phi) is 3.64. The SMILES string of the molecule is Cc1cc(Cl)cc(O)c1-c1ccc2oc(N3Cc4ccc5c(c4C3)OCO5)nc2n1. The third kappa shape index (κ3) is 2.59. The van der Waals surface area contributed by atoms with Gasteiger partial charge >= 0.3 is 6.01 Å². The van der Waals surface area contributed by atoms with E-state index in [0.29, 0.717) is 46.6 Å². The number of pyridine rings is 1. The van der Waals surface area contributed by atoms with Gasteiger partial charge < -0.3 is 23.9 Å². The van der Waals surface area contributed by atoms with Gasteiger partial charge in [-0.3, -0.25) is 0 Å². The van der Waals surface area contributed by atoms with E-state index in [9.17, 15) is 5.11 Å². The summed E-state index contributed by atoms with van der Waals surface area (Å²) in [5.74, 6) is 1.67. The van der Waals surface area contributed by atoms with Crippen LogP contribution >= 0.6 is 11.6 Å². The molecular formula is C22H16ClN3O4. The number of phenols is 1. The highest BCUT2D eigenvalue weighted by Gasteiger charge is 2.30. The Morgan fingerprint density at radius 3 is 2.83 bits per heavy atom. The van der Waals surface area contributed by atoms with E-state index >= 15 is 0 Å². The Morgan fingerprint density at radius 1 is 1.07 bits per heavy atom. The highest BCUT2D eigenvalue weighted by Crippen LogP contribution is 2.42. The summed E-state index contributed by atoms with van der Waals surface area (Å²) in [6.45, 7) is 3.42. The fourth-order valence-corrected chi connectivity index (χ4v) is 4.39. The zero-order valence-electron chi connectivity index (χ0n) is 16.0. The molecule has 0 aliphatic carbocycles. The Hall–Kier alpha value is -3.45. The summed E-state index contributed by atoms with van der Waals surface area (Å²) < 4.78 is 17.1. The lowest BCUT2D eigenvalue weighted by atomic mass is 10.0. The van der Waals surface area contributed by atoms with E-state index in [0.717, 1.165) is 28.2 Å². The molecule has 0 saturated heterocycles. The zero-order chi connectivity index (χ0) is 20.4. The highest BCUT2D eigenvalue weighted by atomic mass is 35.5. The Labute approximate surface area is 176 Å². The number of aryl methyl sites for hydroxylation is 1. The number of benzene rings is 2. The van der Waals surface area contributed by atoms with Crippen molar-refractivity contribution in [3.63, 3.8) is 0 Å². The third-order valence-electron chi connectivity index (χ3n) is 5.50. The number of anilines is 1. The minimum absolute atomic E-state index is 0.0848. The van der Waals surface area contributed by atoms with Crippen molar-refractivity contribution in [3.8, 4) is 28.5 Å². The molecule has 2 aliphatic heterocycles. The van der Waals surface area contributed by atoms with Crippen molar-refractivity contribution in [2.75, 3.05) is 11.7 Å². The Balaban J connectivity index is 1.36. The summed E-state index contributed by atoms with van der Waals surface area (Å²) in [7, 11) is 0. The lowest BCUT2D eigenvalue weighted by Crippen LogP contribution is -2.14. The minimum Gasteiger partial charge on any atom is -0.507 e. The molecular weight excluding hydrogens is 406 g/mol. The largest absolute Gasteiger partial charge is 0.507 e. The zero-order valence-corrected chi connectivity index (χ0v) is 16.7. The van der Waals surface area contributed by atoms with Crippen LogP contribution < -0.4 is 14.4 Å². The van der Waals surface area contributed by atoms with E-state index in [-0.39, 0.29) is 12.5 Å². The standard InChI is InChI=1S/C22H16ClN3O4/c1-11-6-13(23)7-16(27)19(11)15-3-5-18-21(24-15)25-22(30-18)26-8-12-2-4-17-20(14(12)9-26)29-10-28-17/h2-7,27H,8-10H2,1H3. The van der Waals surface area contributed by atoms with Gasteiger partial charge in [0, 0.05) is 22.7 Å². The number of fused-ring (bicyclic) bond motifs is 4. The van der Waals surface area contributed by atoms with Gasteiger partial charge in [-0.15, -0.1) is 0 Å². The summed E-state index contributed by atoms with van der Waals surface area (Å²) in [5, 5.41) is 10.8. The number of nitrogens with zero attached hydrogens (tertiary/aromatic N) is 3. The number of ether oxygens (including phenoxy) is 2. The molecule has 0 spiro atoms. The van der Waals surface area contributed by atoms with Crippen molar-refractivity contribution in [3.05, 3.63) is 58.1 Å². The topological polar surface area (TPSA) is 80.9 Å². The molecule has 0 radical (unpaired) electrons. The number of rotatable bonds is 2. The molecule has 2 aromatic heterocycles. The van der Waals surface area contributed by atoms with Gasteiger partial charge in [-0.2, -0.15) is 4.98 Å². The summed E-state index contributed by atoms with van der Waals surface area (Å²) in [4.78, 5) is 11.3. The van der Waals surface area contributed by atoms with Gasteiger partial charge in [-0.05, 0) is 48.4 Å². The maximum Gasteiger partial charge on any atom is 0.300 e. The van der Waals surface area contributed by atoms with E-state index in [4.69, 9.17) is 25.5 Å². The van der Waals surface area contributed by atoms with Crippen LogP contribution in [-0.4, -0.2) is 21.9 Å². The highest BCUT2D eigenvalue weighted by molar-refractivity contribution is 6.31. The van der Waals surface area contributed by atoms with Crippen LogP contribution in [0.1, 0.15) is 16.7 Å². The fraction of sp³-hybridized carbons (Fsp3) is 0.182. The smallest absolute Gasteiger partial charge is 0.300 e. The Morgan fingerprint density at radius 2 is 1.97 bits per heavy atom. The van der Waals surface area contributed by atoms with E-state index in [1.54, 1.807) is 6.07 Å². The van der Waals surface area contributed by atoms with Crippen molar-refractivity contribution < 1.29 is 19.0 Å². The van der Waals surface area contributed by atoms with Crippen LogP contribution in [0.2, 0.25) is 5.02 Å². The van der Waals surface area contributed by atoms with E-state index < -0.39 is 0 Å². The molecule has 0 atom stereocenters. The molecule has 2 aliphatic rings. The number of phenolic OH excluding ortho intramolecular Hbond substituents is 1. The summed E-state index contributed by atoms with van der Waals surface area (Å²) >= 11 is 6.02. The monoisotopic (exact) mass is 421 g/mol.